The van der Waals surface area contributed by atoms with E-state index in [-0.39, 0.29) is 12.2 Å². The van der Waals surface area contributed by atoms with Crippen LogP contribution in [-0.4, -0.2) is 55.1 Å². The van der Waals surface area contributed by atoms with Gasteiger partial charge in [-0.05, 0) is 12.0 Å². The summed E-state index contributed by atoms with van der Waals surface area (Å²) < 4.78 is 18.7. The third kappa shape index (κ3) is 4.53. The van der Waals surface area contributed by atoms with E-state index < -0.39 is 5.79 Å². The number of methoxy groups -OCH3 is 1. The molecular formula is C20H25ClN2O3S. The summed E-state index contributed by atoms with van der Waals surface area (Å²) in [4.78, 5) is 7.59. The van der Waals surface area contributed by atoms with E-state index in [0.29, 0.717) is 11.1 Å². The van der Waals surface area contributed by atoms with Crippen LogP contribution in [0.5, 0.6) is 0 Å². The molecule has 2 aliphatic heterocycles. The van der Waals surface area contributed by atoms with Gasteiger partial charge in [-0.25, -0.2) is 4.98 Å². The summed E-state index contributed by atoms with van der Waals surface area (Å²) >= 11 is 7.41. The summed E-state index contributed by atoms with van der Waals surface area (Å²) in [6.07, 6.45) is 4.31. The number of rotatable bonds is 6. The lowest BCUT2D eigenvalue weighted by atomic mass is 10.0. The molecule has 3 heterocycles. The van der Waals surface area contributed by atoms with Gasteiger partial charge in [0, 0.05) is 45.8 Å². The first-order valence-corrected chi connectivity index (χ1v) is 10.6. The van der Waals surface area contributed by atoms with Gasteiger partial charge in [0.15, 0.2) is 10.3 Å². The molecule has 0 radical (unpaired) electrons. The molecule has 27 heavy (non-hydrogen) atoms. The van der Waals surface area contributed by atoms with Crippen molar-refractivity contribution in [1.29, 1.82) is 0 Å². The molecule has 0 saturated carbocycles. The van der Waals surface area contributed by atoms with Crippen LogP contribution in [0.1, 0.15) is 29.4 Å². The van der Waals surface area contributed by atoms with Crippen molar-refractivity contribution in [2.75, 3.05) is 33.4 Å². The van der Waals surface area contributed by atoms with Crippen molar-refractivity contribution >= 4 is 22.9 Å². The monoisotopic (exact) mass is 408 g/mol. The third-order valence-electron chi connectivity index (χ3n) is 5.42. The predicted molar refractivity (Wildman–Crippen MR) is 106 cm³/mol. The lowest BCUT2D eigenvalue weighted by molar-refractivity contribution is -0.204. The second-order valence-corrected chi connectivity index (χ2v) is 8.77. The Labute approximate surface area is 169 Å². The highest BCUT2D eigenvalue weighted by Gasteiger charge is 2.46. The van der Waals surface area contributed by atoms with E-state index in [1.54, 1.807) is 13.3 Å². The number of nitrogens with zero attached hydrogens (tertiary/aromatic N) is 2. The number of piperidine rings is 1. The zero-order chi connectivity index (χ0) is 18.7. The van der Waals surface area contributed by atoms with E-state index in [2.05, 4.69) is 40.2 Å². The number of halogens is 1. The first-order valence-electron chi connectivity index (χ1n) is 9.39. The number of hydrogen-bond donors (Lipinski definition) is 0. The molecule has 2 atom stereocenters. The van der Waals surface area contributed by atoms with Crippen LogP contribution in [0, 0.1) is 0 Å². The molecule has 7 heteroatoms. The minimum absolute atomic E-state index is 0.123. The van der Waals surface area contributed by atoms with Crippen LogP contribution in [0.3, 0.4) is 0 Å². The Morgan fingerprint density at radius 1 is 1.33 bits per heavy atom. The van der Waals surface area contributed by atoms with E-state index in [1.165, 1.54) is 16.9 Å². The van der Waals surface area contributed by atoms with Crippen LogP contribution in [-0.2, 0) is 20.6 Å². The summed E-state index contributed by atoms with van der Waals surface area (Å²) in [7, 11) is 1.69. The zero-order valence-electron chi connectivity index (χ0n) is 15.5. The largest absolute Gasteiger partial charge is 0.373 e. The van der Waals surface area contributed by atoms with E-state index in [1.807, 2.05) is 0 Å². The van der Waals surface area contributed by atoms with Gasteiger partial charge in [-0.15, -0.1) is 11.3 Å². The van der Waals surface area contributed by atoms with Crippen molar-refractivity contribution in [2.24, 2.45) is 0 Å². The highest BCUT2D eigenvalue weighted by molar-refractivity contribution is 7.15. The van der Waals surface area contributed by atoms with Gasteiger partial charge in [-0.2, -0.15) is 0 Å². The topological polar surface area (TPSA) is 43.8 Å². The Bertz CT molecular complexity index is 734. The van der Waals surface area contributed by atoms with Crippen LogP contribution in [0.15, 0.2) is 36.5 Å². The number of ether oxygens (including phenoxy) is 3. The van der Waals surface area contributed by atoms with Gasteiger partial charge in [0.1, 0.15) is 12.2 Å². The fraction of sp³-hybridized carbons (Fsp3) is 0.550. The average Bonchev–Trinajstić information content (AvgIpc) is 3.30. The molecule has 0 aliphatic carbocycles. The maximum atomic E-state index is 6.38. The minimum atomic E-state index is -0.473. The second-order valence-electron chi connectivity index (χ2n) is 7.13. The molecule has 0 N–H and O–H groups in total. The maximum Gasteiger partial charge on any atom is 0.183 e. The van der Waals surface area contributed by atoms with Crippen LogP contribution in [0.2, 0.25) is 4.47 Å². The van der Waals surface area contributed by atoms with Crippen molar-refractivity contribution in [2.45, 2.75) is 37.3 Å². The molecule has 2 fully saturated rings. The number of hydrogen-bond acceptors (Lipinski definition) is 6. The van der Waals surface area contributed by atoms with Gasteiger partial charge in [0.05, 0.1) is 11.5 Å². The van der Waals surface area contributed by atoms with Crippen LogP contribution in [0.25, 0.3) is 0 Å². The molecule has 2 unspecified atom stereocenters. The SMILES string of the molecule is COC(c1cnc(Cl)s1)C1COC2(CCN(CCc3ccccc3)CC2)O1. The molecular weight excluding hydrogens is 384 g/mol. The van der Waals surface area contributed by atoms with Crippen LogP contribution in [0.4, 0.5) is 0 Å². The van der Waals surface area contributed by atoms with E-state index in [9.17, 15) is 0 Å². The van der Waals surface area contributed by atoms with Crippen molar-refractivity contribution in [3.63, 3.8) is 0 Å². The number of aromatic nitrogens is 1. The average molecular weight is 409 g/mol. The normalized spacial score (nSPS) is 23.7. The lowest BCUT2D eigenvalue weighted by Crippen LogP contribution is -2.46. The molecule has 146 valence electrons. The fourth-order valence-electron chi connectivity index (χ4n) is 3.89. The van der Waals surface area contributed by atoms with Crippen molar-refractivity contribution in [3.8, 4) is 0 Å². The number of likely N-dealkylation sites (tertiary alicyclic amines) is 1. The molecule has 2 aliphatic rings. The molecule has 1 aromatic carbocycles. The molecule has 5 nitrogen and oxygen atoms in total. The van der Waals surface area contributed by atoms with E-state index in [0.717, 1.165) is 43.8 Å². The molecule has 2 aromatic rings. The fourth-order valence-corrected chi connectivity index (χ4v) is 4.97. The van der Waals surface area contributed by atoms with Crippen molar-refractivity contribution in [1.82, 2.24) is 9.88 Å². The van der Waals surface area contributed by atoms with Crippen molar-refractivity contribution < 1.29 is 14.2 Å². The number of thiazole rings is 1. The molecule has 0 bridgehead atoms. The first-order chi connectivity index (χ1) is 13.2. The second kappa shape index (κ2) is 8.55. The van der Waals surface area contributed by atoms with E-state index in [4.69, 9.17) is 25.8 Å². The van der Waals surface area contributed by atoms with Gasteiger partial charge in [0.2, 0.25) is 0 Å². The standard InChI is InChI=1S/C20H25ClN2O3S/c1-24-18(17-13-22-19(21)27-17)16-14-25-20(26-16)8-11-23(12-9-20)10-7-15-5-3-2-4-6-15/h2-6,13,16,18H,7-12,14H2,1H3. The summed E-state index contributed by atoms with van der Waals surface area (Å²) in [5, 5.41) is 0. The van der Waals surface area contributed by atoms with Gasteiger partial charge in [-0.3, -0.25) is 0 Å². The maximum absolute atomic E-state index is 6.38. The first kappa shape index (κ1) is 19.3. The Morgan fingerprint density at radius 3 is 2.78 bits per heavy atom. The third-order valence-corrected chi connectivity index (χ3v) is 6.60. The molecule has 4 rings (SSSR count). The van der Waals surface area contributed by atoms with E-state index >= 15 is 0 Å². The lowest BCUT2D eigenvalue weighted by Gasteiger charge is -2.38. The zero-order valence-corrected chi connectivity index (χ0v) is 17.0. The Morgan fingerprint density at radius 2 is 2.11 bits per heavy atom. The highest BCUT2D eigenvalue weighted by atomic mass is 35.5. The number of benzene rings is 1. The Balaban J connectivity index is 1.30. The summed E-state index contributed by atoms with van der Waals surface area (Å²) in [6.45, 7) is 3.59. The van der Waals surface area contributed by atoms with Crippen molar-refractivity contribution in [3.05, 3.63) is 51.4 Å². The summed E-state index contributed by atoms with van der Waals surface area (Å²) in [6, 6.07) is 10.6. The molecule has 0 amide bonds. The summed E-state index contributed by atoms with van der Waals surface area (Å²) in [5.74, 6) is -0.473. The molecule has 1 spiro atoms. The molecule has 2 saturated heterocycles. The smallest absolute Gasteiger partial charge is 0.183 e. The quantitative estimate of drug-likeness (QED) is 0.724. The van der Waals surface area contributed by atoms with Gasteiger partial charge in [0.25, 0.3) is 0 Å². The van der Waals surface area contributed by atoms with Gasteiger partial charge >= 0.3 is 0 Å². The van der Waals surface area contributed by atoms with Gasteiger partial charge < -0.3 is 19.1 Å². The van der Waals surface area contributed by atoms with Crippen LogP contribution < -0.4 is 0 Å². The molecule has 1 aromatic heterocycles. The highest BCUT2D eigenvalue weighted by Crippen LogP contribution is 2.40. The summed E-state index contributed by atoms with van der Waals surface area (Å²) in [5.41, 5.74) is 1.39. The van der Waals surface area contributed by atoms with Crippen LogP contribution >= 0.6 is 22.9 Å². The van der Waals surface area contributed by atoms with Gasteiger partial charge in [-0.1, -0.05) is 41.9 Å². The Kier molecular flexibility index (Phi) is 6.12. The minimum Gasteiger partial charge on any atom is -0.373 e. The predicted octanol–water partition coefficient (Wildman–Crippen LogP) is 3.93. The Hall–Kier alpha value is -1.02.